The first-order valence-electron chi connectivity index (χ1n) is 6.34. The second-order valence-electron chi connectivity index (χ2n) is 4.40. The highest BCUT2D eigenvalue weighted by Gasteiger charge is 2.17. The summed E-state index contributed by atoms with van der Waals surface area (Å²) in [6.07, 6.45) is 1.72. The first-order valence-corrected chi connectivity index (χ1v) is 8.19. The Kier molecular flexibility index (Phi) is 8.35. The van der Waals surface area contributed by atoms with Crippen molar-refractivity contribution in [3.63, 3.8) is 0 Å². The number of sulfonamides is 1. The highest BCUT2D eigenvalue weighted by molar-refractivity contribution is 7.88. The zero-order chi connectivity index (χ0) is 15.8. The van der Waals surface area contributed by atoms with Gasteiger partial charge in [-0.25, -0.2) is 17.5 Å². The number of carbonyl (C=O) groups excluding carboxylic acids is 1. The lowest BCUT2D eigenvalue weighted by atomic mass is 10.3. The Morgan fingerprint density at radius 1 is 1.35 bits per heavy atom. The largest absolute Gasteiger partial charge is 0.480 e. The quantitative estimate of drug-likeness (QED) is 0.438. The van der Waals surface area contributed by atoms with Gasteiger partial charge in [0.1, 0.15) is 6.04 Å². The van der Waals surface area contributed by atoms with Gasteiger partial charge in [-0.1, -0.05) is 6.92 Å². The summed E-state index contributed by atoms with van der Waals surface area (Å²) in [4.78, 5) is 21.7. The molecule has 0 fully saturated rings. The van der Waals surface area contributed by atoms with E-state index >= 15 is 0 Å². The molecule has 0 radical (unpaired) electrons. The minimum atomic E-state index is -3.19. The van der Waals surface area contributed by atoms with Crippen LogP contribution in [-0.2, 0) is 19.6 Å². The molecule has 0 aromatic carbocycles. The Morgan fingerprint density at radius 3 is 2.35 bits per heavy atom. The lowest BCUT2D eigenvalue weighted by Crippen LogP contribution is -2.46. The molecule has 3 N–H and O–H groups in total. The molecule has 1 atom stereocenters. The summed E-state index contributed by atoms with van der Waals surface area (Å²) in [6, 6.07) is -0.982. The van der Waals surface area contributed by atoms with Crippen molar-refractivity contribution in [2.45, 2.75) is 26.3 Å². The Morgan fingerprint density at radius 2 is 1.95 bits per heavy atom. The third-order valence-electron chi connectivity index (χ3n) is 2.61. The Hall–Kier alpha value is -1.19. The molecule has 8 nitrogen and oxygen atoms in total. The zero-order valence-electron chi connectivity index (χ0n) is 12.0. The van der Waals surface area contributed by atoms with Crippen LogP contribution in [0.4, 0.5) is 0 Å². The molecule has 0 saturated heterocycles. The molecule has 0 spiro atoms. The Labute approximate surface area is 119 Å². The lowest BCUT2D eigenvalue weighted by Gasteiger charge is -2.18. The van der Waals surface area contributed by atoms with Gasteiger partial charge in [-0.2, -0.15) is 0 Å². The molecule has 0 aliphatic heterocycles. The summed E-state index contributed by atoms with van der Waals surface area (Å²) in [5, 5.41) is 14.1. The summed E-state index contributed by atoms with van der Waals surface area (Å²) in [5.41, 5.74) is 0. The molecule has 0 saturated carbocycles. The summed E-state index contributed by atoms with van der Waals surface area (Å²) in [5.74, 6) is -1.52. The first-order chi connectivity index (χ1) is 9.18. The van der Waals surface area contributed by atoms with E-state index in [1.807, 2.05) is 0 Å². The number of carboxylic acids is 1. The minimum Gasteiger partial charge on any atom is -0.480 e. The predicted molar refractivity (Wildman–Crippen MR) is 74.8 cm³/mol. The average Bonchev–Trinajstić information content (AvgIpc) is 2.29. The van der Waals surface area contributed by atoms with Crippen LogP contribution in [0.3, 0.4) is 0 Å². The lowest BCUT2D eigenvalue weighted by molar-refractivity contribution is -0.141. The Bertz CT molecular complexity index is 424. The summed E-state index contributed by atoms with van der Waals surface area (Å²) >= 11 is 0. The normalized spacial score (nSPS) is 13.2. The summed E-state index contributed by atoms with van der Waals surface area (Å²) in [7, 11) is -3.19. The van der Waals surface area contributed by atoms with E-state index in [1.54, 1.807) is 6.92 Å². The molecular weight excluding hydrogens is 286 g/mol. The molecule has 0 bridgehead atoms. The van der Waals surface area contributed by atoms with E-state index < -0.39 is 27.9 Å². The van der Waals surface area contributed by atoms with E-state index in [-0.39, 0.29) is 6.54 Å². The van der Waals surface area contributed by atoms with E-state index in [9.17, 15) is 18.0 Å². The van der Waals surface area contributed by atoms with Crippen molar-refractivity contribution >= 4 is 21.9 Å². The van der Waals surface area contributed by atoms with Gasteiger partial charge in [0.25, 0.3) is 0 Å². The molecule has 0 aromatic heterocycles. The van der Waals surface area contributed by atoms with Crippen LogP contribution in [-0.4, -0.2) is 68.2 Å². The molecule has 0 aliphatic rings. The molecule has 1 unspecified atom stereocenters. The fourth-order valence-corrected chi connectivity index (χ4v) is 2.56. The number of amides is 1. The topological polar surface area (TPSA) is 116 Å². The summed E-state index contributed by atoms with van der Waals surface area (Å²) in [6.45, 7) is 4.35. The molecule has 20 heavy (non-hydrogen) atoms. The van der Waals surface area contributed by atoms with Crippen LogP contribution in [0, 0.1) is 0 Å². The molecular formula is C11H23N3O5S. The molecule has 0 heterocycles. The predicted octanol–water partition coefficient (Wildman–Crippen LogP) is -1.16. The fraction of sp³-hybridized carbons (Fsp3) is 0.818. The molecule has 0 aliphatic carbocycles. The molecule has 0 rings (SSSR count). The monoisotopic (exact) mass is 309 g/mol. The second kappa shape index (κ2) is 8.88. The van der Waals surface area contributed by atoms with Gasteiger partial charge in [-0.05, 0) is 13.0 Å². The van der Waals surface area contributed by atoms with E-state index in [4.69, 9.17) is 5.11 Å². The van der Waals surface area contributed by atoms with Crippen LogP contribution >= 0.6 is 0 Å². The van der Waals surface area contributed by atoms with Crippen LogP contribution in [0.2, 0.25) is 0 Å². The van der Waals surface area contributed by atoms with Crippen LogP contribution in [0.1, 0.15) is 20.3 Å². The van der Waals surface area contributed by atoms with Gasteiger partial charge in [-0.3, -0.25) is 4.79 Å². The highest BCUT2D eigenvalue weighted by atomic mass is 32.2. The first kappa shape index (κ1) is 18.8. The van der Waals surface area contributed by atoms with Crippen molar-refractivity contribution < 1.29 is 23.1 Å². The number of nitrogens with zero attached hydrogens (tertiary/aromatic N) is 1. The van der Waals surface area contributed by atoms with Gasteiger partial charge in [0.2, 0.25) is 15.9 Å². The van der Waals surface area contributed by atoms with E-state index in [2.05, 4.69) is 10.6 Å². The van der Waals surface area contributed by atoms with Crippen molar-refractivity contribution in [2.24, 2.45) is 0 Å². The van der Waals surface area contributed by atoms with Crippen LogP contribution in [0.5, 0.6) is 0 Å². The van der Waals surface area contributed by atoms with Crippen molar-refractivity contribution in [2.75, 3.05) is 32.4 Å². The SMILES string of the molecule is CCN(CCCNCC(NC(C)=O)C(=O)O)S(C)(=O)=O. The molecule has 0 aromatic rings. The third-order valence-corrected chi connectivity index (χ3v) is 3.99. The molecule has 118 valence electrons. The third kappa shape index (κ3) is 8.08. The summed E-state index contributed by atoms with van der Waals surface area (Å²) < 4.78 is 24.0. The molecule has 9 heteroatoms. The molecule has 1 amide bonds. The van der Waals surface area contributed by atoms with Gasteiger partial charge in [-0.15, -0.1) is 0 Å². The fourth-order valence-electron chi connectivity index (χ4n) is 1.63. The van der Waals surface area contributed by atoms with Gasteiger partial charge >= 0.3 is 5.97 Å². The maximum atomic E-state index is 11.3. The van der Waals surface area contributed by atoms with Gasteiger partial charge in [0.15, 0.2) is 0 Å². The van der Waals surface area contributed by atoms with Gasteiger partial charge in [0, 0.05) is 26.6 Å². The maximum absolute atomic E-state index is 11.3. The smallest absolute Gasteiger partial charge is 0.327 e. The zero-order valence-corrected chi connectivity index (χ0v) is 12.9. The van der Waals surface area contributed by atoms with Crippen molar-refractivity contribution in [1.29, 1.82) is 0 Å². The number of hydrogen-bond donors (Lipinski definition) is 3. The second-order valence-corrected chi connectivity index (χ2v) is 6.39. The number of aliphatic carboxylic acids is 1. The van der Waals surface area contributed by atoms with Crippen molar-refractivity contribution in [1.82, 2.24) is 14.9 Å². The highest BCUT2D eigenvalue weighted by Crippen LogP contribution is 1.98. The Balaban J connectivity index is 4.00. The van der Waals surface area contributed by atoms with Crippen LogP contribution in [0.25, 0.3) is 0 Å². The standard InChI is InChI=1S/C11H23N3O5S/c1-4-14(20(3,18)19)7-5-6-12-8-10(11(16)17)13-9(2)15/h10,12H,4-8H2,1-3H3,(H,13,15)(H,16,17). The average molecular weight is 309 g/mol. The number of carboxylic acid groups (broad SMARTS) is 1. The minimum absolute atomic E-state index is 0.0971. The van der Waals surface area contributed by atoms with E-state index in [0.29, 0.717) is 26.1 Å². The maximum Gasteiger partial charge on any atom is 0.327 e. The van der Waals surface area contributed by atoms with Crippen molar-refractivity contribution in [3.8, 4) is 0 Å². The van der Waals surface area contributed by atoms with E-state index in [0.717, 1.165) is 6.26 Å². The number of nitrogens with one attached hydrogen (secondary N) is 2. The van der Waals surface area contributed by atoms with Gasteiger partial charge in [0.05, 0.1) is 6.26 Å². The van der Waals surface area contributed by atoms with Crippen LogP contribution < -0.4 is 10.6 Å². The van der Waals surface area contributed by atoms with Gasteiger partial charge < -0.3 is 15.7 Å². The number of rotatable bonds is 10. The van der Waals surface area contributed by atoms with E-state index in [1.165, 1.54) is 11.2 Å². The number of carbonyl (C=O) groups is 2. The van der Waals surface area contributed by atoms with Crippen LogP contribution in [0.15, 0.2) is 0 Å². The van der Waals surface area contributed by atoms with Crippen molar-refractivity contribution in [3.05, 3.63) is 0 Å². The number of hydrogen-bond acceptors (Lipinski definition) is 5.